The summed E-state index contributed by atoms with van der Waals surface area (Å²) in [6.45, 7) is 0. The van der Waals surface area contributed by atoms with E-state index in [9.17, 15) is 4.79 Å². The number of benzene rings is 4. The highest BCUT2D eigenvalue weighted by Gasteiger charge is 2.42. The molecule has 164 valence electrons. The van der Waals surface area contributed by atoms with Crippen LogP contribution in [0, 0.1) is 0 Å². The summed E-state index contributed by atoms with van der Waals surface area (Å²) < 4.78 is 0. The summed E-state index contributed by atoms with van der Waals surface area (Å²) in [6, 6.07) is 37.8. The van der Waals surface area contributed by atoms with E-state index in [4.69, 9.17) is 22.2 Å². The van der Waals surface area contributed by atoms with E-state index in [1.165, 1.54) is 4.90 Å². The van der Waals surface area contributed by atoms with E-state index in [0.29, 0.717) is 28.0 Å². The van der Waals surface area contributed by atoms with Crippen molar-refractivity contribution in [3.8, 4) is 0 Å². The number of hydrogen-bond donors (Lipinski definition) is 0. The first-order chi connectivity index (χ1) is 16.7. The highest BCUT2D eigenvalue weighted by Crippen LogP contribution is 2.29. The minimum atomic E-state index is -0.264. The van der Waals surface area contributed by atoms with E-state index in [1.54, 1.807) is 17.0 Å². The van der Waals surface area contributed by atoms with Crippen molar-refractivity contribution >= 4 is 52.0 Å². The Morgan fingerprint density at radius 3 is 1.56 bits per heavy atom. The Bertz CT molecular complexity index is 1370. The van der Waals surface area contributed by atoms with Gasteiger partial charge in [0.05, 0.1) is 11.4 Å². The van der Waals surface area contributed by atoms with E-state index in [-0.39, 0.29) is 5.91 Å². The van der Waals surface area contributed by atoms with Gasteiger partial charge in [-0.05, 0) is 60.7 Å². The Kier molecular flexibility index (Phi) is 6.05. The number of carbonyl (C=O) groups is 1. The second-order valence-electron chi connectivity index (χ2n) is 7.50. The second-order valence-corrected chi connectivity index (χ2v) is 7.87. The minimum Gasteiger partial charge on any atom is -0.268 e. The predicted molar refractivity (Wildman–Crippen MR) is 141 cm³/mol. The average Bonchev–Trinajstić information content (AvgIpc) is 3.16. The Balaban J connectivity index is 1.73. The number of amides is 1. The van der Waals surface area contributed by atoms with Gasteiger partial charge in [0.2, 0.25) is 0 Å². The molecule has 0 saturated carbocycles. The number of thiocarbonyl (C=S) groups is 1. The number of aliphatic imine (C=N–C) groups is 2. The fourth-order valence-corrected chi connectivity index (χ4v) is 3.99. The smallest absolute Gasteiger partial charge is 0.265 e. The Hall–Kier alpha value is -4.42. The van der Waals surface area contributed by atoms with Crippen LogP contribution in [0.4, 0.5) is 17.1 Å². The van der Waals surface area contributed by atoms with Crippen LogP contribution >= 0.6 is 12.2 Å². The molecular weight excluding hydrogens is 440 g/mol. The fraction of sp³-hybridized carbons (Fsp3) is 0. The topological polar surface area (TPSA) is 48.3 Å². The number of carbonyl (C=O) groups excluding carboxylic acids is 1. The molecule has 0 aromatic heterocycles. The van der Waals surface area contributed by atoms with Crippen molar-refractivity contribution in [2.75, 3.05) is 4.90 Å². The molecule has 0 bridgehead atoms. The highest BCUT2D eigenvalue weighted by molar-refractivity contribution is 7.80. The Labute approximate surface area is 203 Å². The molecule has 1 fully saturated rings. The lowest BCUT2D eigenvalue weighted by Gasteiger charge is -2.19. The molecule has 0 atom stereocenters. The summed E-state index contributed by atoms with van der Waals surface area (Å²) in [5.74, 6) is 0.591. The van der Waals surface area contributed by atoms with Gasteiger partial charge in [-0.25, -0.2) is 14.9 Å². The minimum absolute atomic E-state index is 0.264. The zero-order chi connectivity index (χ0) is 23.3. The molecule has 1 aliphatic rings. The molecule has 34 heavy (non-hydrogen) atoms. The lowest BCUT2D eigenvalue weighted by Crippen LogP contribution is -2.38. The predicted octanol–water partition coefficient (Wildman–Crippen LogP) is 6.39. The van der Waals surface area contributed by atoms with Crippen LogP contribution in [0.25, 0.3) is 0 Å². The molecule has 4 aromatic carbocycles. The van der Waals surface area contributed by atoms with Crippen LogP contribution in [-0.4, -0.2) is 27.6 Å². The zero-order valence-electron chi connectivity index (χ0n) is 18.2. The third-order valence-corrected chi connectivity index (χ3v) is 5.59. The molecule has 1 amide bonds. The largest absolute Gasteiger partial charge is 0.268 e. The third-order valence-electron chi connectivity index (χ3n) is 5.23. The summed E-state index contributed by atoms with van der Waals surface area (Å²) in [5, 5.41) is 0.296. The standard InChI is InChI=1S/C28H20N4OS/c33-27(21-13-5-1-6-14-21)32-26(30-23-17-9-3-10-18-23)25(29-22-15-7-2-8-16-22)31(28(32)34)24-19-11-4-12-20-24/h1-20H/b29-25+,30-26-. The van der Waals surface area contributed by atoms with Crippen molar-refractivity contribution in [1.82, 2.24) is 4.90 Å². The lowest BCUT2D eigenvalue weighted by molar-refractivity contribution is 0.0907. The SMILES string of the molecule is O=C(c1ccccc1)N1C(=S)N(c2ccccc2)C(=N/c2ccccc2)/C1=N/c1ccccc1. The van der Waals surface area contributed by atoms with E-state index in [1.807, 2.05) is 109 Å². The number of para-hydroxylation sites is 3. The lowest BCUT2D eigenvalue weighted by atomic mass is 10.2. The number of rotatable bonds is 4. The molecule has 1 aliphatic heterocycles. The summed E-state index contributed by atoms with van der Waals surface area (Å²) in [7, 11) is 0. The van der Waals surface area contributed by atoms with Gasteiger partial charge in [-0.3, -0.25) is 9.69 Å². The van der Waals surface area contributed by atoms with Crippen LogP contribution in [-0.2, 0) is 0 Å². The molecule has 5 rings (SSSR count). The number of nitrogens with zero attached hydrogens (tertiary/aromatic N) is 4. The van der Waals surface area contributed by atoms with E-state index >= 15 is 0 Å². The van der Waals surface area contributed by atoms with Crippen molar-refractivity contribution in [3.05, 3.63) is 127 Å². The highest BCUT2D eigenvalue weighted by atomic mass is 32.1. The van der Waals surface area contributed by atoms with Crippen molar-refractivity contribution in [3.63, 3.8) is 0 Å². The van der Waals surface area contributed by atoms with Crippen molar-refractivity contribution in [2.24, 2.45) is 9.98 Å². The van der Waals surface area contributed by atoms with Crippen molar-refractivity contribution in [1.29, 1.82) is 0 Å². The van der Waals surface area contributed by atoms with Crippen LogP contribution in [0.1, 0.15) is 10.4 Å². The quantitative estimate of drug-likeness (QED) is 0.331. The van der Waals surface area contributed by atoms with Gasteiger partial charge in [0.1, 0.15) is 0 Å². The van der Waals surface area contributed by atoms with Crippen LogP contribution in [0.2, 0.25) is 0 Å². The number of hydrogen-bond acceptors (Lipinski definition) is 4. The van der Waals surface area contributed by atoms with Gasteiger partial charge < -0.3 is 0 Å². The third kappa shape index (κ3) is 4.27. The first kappa shape index (κ1) is 21.4. The monoisotopic (exact) mass is 460 g/mol. The van der Waals surface area contributed by atoms with Gasteiger partial charge in [0.15, 0.2) is 16.8 Å². The van der Waals surface area contributed by atoms with Crippen LogP contribution < -0.4 is 4.90 Å². The molecular formula is C28H20N4OS. The second kappa shape index (κ2) is 9.60. The van der Waals surface area contributed by atoms with Crippen LogP contribution in [0.15, 0.2) is 131 Å². The average molecular weight is 461 g/mol. The molecule has 0 radical (unpaired) electrons. The molecule has 0 spiro atoms. The molecule has 5 nitrogen and oxygen atoms in total. The van der Waals surface area contributed by atoms with Gasteiger partial charge in [-0.2, -0.15) is 0 Å². The molecule has 0 N–H and O–H groups in total. The molecule has 0 aliphatic carbocycles. The number of anilines is 1. The number of amidine groups is 2. The molecule has 1 heterocycles. The summed E-state index contributed by atoms with van der Waals surface area (Å²) in [5.41, 5.74) is 2.74. The summed E-state index contributed by atoms with van der Waals surface area (Å²) in [4.78, 5) is 26.7. The van der Waals surface area contributed by atoms with E-state index in [2.05, 4.69) is 0 Å². The van der Waals surface area contributed by atoms with Crippen LogP contribution in [0.3, 0.4) is 0 Å². The van der Waals surface area contributed by atoms with Gasteiger partial charge in [-0.1, -0.05) is 72.8 Å². The maximum absolute atomic E-state index is 13.7. The van der Waals surface area contributed by atoms with Gasteiger partial charge in [0.25, 0.3) is 5.91 Å². The van der Waals surface area contributed by atoms with Gasteiger partial charge >= 0.3 is 0 Å². The Morgan fingerprint density at radius 2 is 1.03 bits per heavy atom. The Morgan fingerprint density at radius 1 is 0.588 bits per heavy atom. The van der Waals surface area contributed by atoms with Gasteiger partial charge in [-0.15, -0.1) is 0 Å². The van der Waals surface area contributed by atoms with Crippen LogP contribution in [0.5, 0.6) is 0 Å². The molecule has 0 unspecified atom stereocenters. The fourth-order valence-electron chi connectivity index (χ4n) is 3.63. The molecule has 1 saturated heterocycles. The van der Waals surface area contributed by atoms with Gasteiger partial charge in [0, 0.05) is 11.3 Å². The molecule has 6 heteroatoms. The van der Waals surface area contributed by atoms with E-state index < -0.39 is 0 Å². The normalized spacial score (nSPS) is 15.8. The van der Waals surface area contributed by atoms with Crippen molar-refractivity contribution < 1.29 is 4.79 Å². The summed E-state index contributed by atoms with van der Waals surface area (Å²) in [6.07, 6.45) is 0. The van der Waals surface area contributed by atoms with Crippen molar-refractivity contribution in [2.45, 2.75) is 0 Å². The first-order valence-corrected chi connectivity index (χ1v) is 11.2. The van der Waals surface area contributed by atoms with E-state index in [0.717, 1.165) is 11.4 Å². The maximum Gasteiger partial charge on any atom is 0.265 e. The maximum atomic E-state index is 13.7. The first-order valence-electron chi connectivity index (χ1n) is 10.8. The zero-order valence-corrected chi connectivity index (χ0v) is 19.0. The molecule has 4 aromatic rings. The summed E-state index contributed by atoms with van der Waals surface area (Å²) >= 11 is 5.88.